The molecule has 1 atom stereocenters. The summed E-state index contributed by atoms with van der Waals surface area (Å²) in [5.74, 6) is -1.41. The van der Waals surface area contributed by atoms with Crippen LogP contribution in [-0.4, -0.2) is 31.4 Å². The van der Waals surface area contributed by atoms with Crippen LogP contribution in [0, 0.1) is 10.5 Å². The Kier molecular flexibility index (Phi) is 8.75. The third kappa shape index (κ3) is 6.72. The fraction of sp³-hybridized carbons (Fsp3) is 0.167. The largest absolute Gasteiger partial charge is 0.506 e. The molecular formula is C24H23ClIN3O5S. The molecule has 0 saturated heterocycles. The first-order valence-electron chi connectivity index (χ1n) is 10.5. The summed E-state index contributed by atoms with van der Waals surface area (Å²) in [5, 5.41) is 15.6. The highest BCUT2D eigenvalue weighted by molar-refractivity contribution is 14.1. The van der Waals surface area contributed by atoms with E-state index in [1.807, 2.05) is 29.5 Å². The van der Waals surface area contributed by atoms with Gasteiger partial charge in [0.1, 0.15) is 11.8 Å². The van der Waals surface area contributed by atoms with Crippen LogP contribution in [0.2, 0.25) is 5.02 Å². The maximum Gasteiger partial charge on any atom is 0.256 e. The van der Waals surface area contributed by atoms with Gasteiger partial charge in [-0.05, 0) is 66.3 Å². The van der Waals surface area contributed by atoms with Crippen LogP contribution < -0.4 is 15.4 Å². The molecule has 35 heavy (non-hydrogen) atoms. The zero-order chi connectivity index (χ0) is 25.8. The van der Waals surface area contributed by atoms with Gasteiger partial charge in [-0.2, -0.15) is 4.72 Å². The van der Waals surface area contributed by atoms with Crippen molar-refractivity contribution in [1.82, 2.24) is 4.72 Å². The minimum atomic E-state index is -3.94. The lowest BCUT2D eigenvalue weighted by Crippen LogP contribution is -2.43. The van der Waals surface area contributed by atoms with Crippen molar-refractivity contribution in [3.8, 4) is 5.75 Å². The van der Waals surface area contributed by atoms with Crippen LogP contribution in [0.1, 0.15) is 29.3 Å². The van der Waals surface area contributed by atoms with Gasteiger partial charge in [0.25, 0.3) is 5.91 Å². The van der Waals surface area contributed by atoms with Crippen molar-refractivity contribution >= 4 is 67.4 Å². The standard InChI is InChI=1S/C24H23ClIN3O5S/c1-3-19(29-35(33,34)15-10-8-14(2)9-11-15)24(32)27-20-13-22(30)21(12-17(20)25)28-23(31)16-6-4-5-7-18(16)26/h4-13,19,29-30H,3H2,1-2H3,(H,27,32)(H,28,31). The molecule has 0 aliphatic heterocycles. The third-order valence-corrected chi connectivity index (χ3v) is 7.80. The Hall–Kier alpha value is -2.67. The number of halogens is 2. The van der Waals surface area contributed by atoms with Gasteiger partial charge in [0.2, 0.25) is 15.9 Å². The van der Waals surface area contributed by atoms with Gasteiger partial charge in [0, 0.05) is 9.64 Å². The van der Waals surface area contributed by atoms with E-state index in [0.29, 0.717) is 5.56 Å². The van der Waals surface area contributed by atoms with Crippen molar-refractivity contribution in [2.24, 2.45) is 0 Å². The summed E-state index contributed by atoms with van der Waals surface area (Å²) in [5.41, 5.74) is 1.45. The highest BCUT2D eigenvalue weighted by atomic mass is 127. The molecule has 0 saturated carbocycles. The Morgan fingerprint density at radius 1 is 1.03 bits per heavy atom. The Morgan fingerprint density at radius 3 is 2.31 bits per heavy atom. The van der Waals surface area contributed by atoms with Crippen LogP contribution in [0.25, 0.3) is 0 Å². The van der Waals surface area contributed by atoms with E-state index < -0.39 is 27.9 Å². The Morgan fingerprint density at radius 2 is 1.69 bits per heavy atom. The number of hydrogen-bond donors (Lipinski definition) is 4. The van der Waals surface area contributed by atoms with Gasteiger partial charge in [0.15, 0.2) is 0 Å². The smallest absolute Gasteiger partial charge is 0.256 e. The number of sulfonamides is 1. The van der Waals surface area contributed by atoms with E-state index in [-0.39, 0.29) is 33.5 Å². The summed E-state index contributed by atoms with van der Waals surface area (Å²) >= 11 is 8.31. The van der Waals surface area contributed by atoms with Crippen LogP contribution >= 0.6 is 34.2 Å². The summed E-state index contributed by atoms with van der Waals surface area (Å²) in [6.45, 7) is 3.49. The minimum absolute atomic E-state index is 0.0400. The van der Waals surface area contributed by atoms with E-state index in [4.69, 9.17) is 11.6 Å². The third-order valence-electron chi connectivity index (χ3n) is 5.06. The SMILES string of the molecule is CCC(NS(=O)(=O)c1ccc(C)cc1)C(=O)Nc1cc(O)c(NC(=O)c2ccccc2I)cc1Cl. The molecule has 0 spiro atoms. The number of phenols is 1. The lowest BCUT2D eigenvalue weighted by Gasteiger charge is -2.18. The van der Waals surface area contributed by atoms with Gasteiger partial charge in [-0.3, -0.25) is 9.59 Å². The summed E-state index contributed by atoms with van der Waals surface area (Å²) < 4.78 is 28.5. The maximum atomic E-state index is 12.8. The van der Waals surface area contributed by atoms with Gasteiger partial charge in [-0.1, -0.05) is 48.4 Å². The summed E-state index contributed by atoms with van der Waals surface area (Å²) in [7, 11) is -3.94. The maximum absolute atomic E-state index is 12.8. The van der Waals surface area contributed by atoms with E-state index in [1.165, 1.54) is 24.3 Å². The van der Waals surface area contributed by atoms with E-state index in [1.54, 1.807) is 43.3 Å². The number of carbonyl (C=O) groups is 2. The van der Waals surface area contributed by atoms with E-state index in [9.17, 15) is 23.1 Å². The average Bonchev–Trinajstić information content (AvgIpc) is 2.81. The first kappa shape index (κ1) is 26.9. The molecule has 0 fully saturated rings. The number of benzene rings is 3. The normalized spacial score (nSPS) is 12.1. The van der Waals surface area contributed by atoms with Gasteiger partial charge >= 0.3 is 0 Å². The second-order valence-corrected chi connectivity index (χ2v) is 11.0. The van der Waals surface area contributed by atoms with Gasteiger partial charge in [0.05, 0.1) is 26.9 Å². The first-order valence-corrected chi connectivity index (χ1v) is 13.4. The molecule has 2 amide bonds. The molecule has 3 rings (SSSR count). The van der Waals surface area contributed by atoms with Crippen molar-refractivity contribution in [3.05, 3.63) is 80.4 Å². The molecule has 184 valence electrons. The first-order chi connectivity index (χ1) is 16.5. The lowest BCUT2D eigenvalue weighted by atomic mass is 10.2. The molecule has 0 aliphatic rings. The Balaban J connectivity index is 1.74. The second kappa shape index (κ2) is 11.4. The number of anilines is 2. The molecule has 0 heterocycles. The van der Waals surface area contributed by atoms with Crippen molar-refractivity contribution in [1.29, 1.82) is 0 Å². The Bertz CT molecular complexity index is 1360. The average molecular weight is 628 g/mol. The number of hydrogen-bond acceptors (Lipinski definition) is 5. The zero-order valence-corrected chi connectivity index (χ0v) is 22.5. The molecule has 3 aromatic rings. The molecule has 0 aromatic heterocycles. The van der Waals surface area contributed by atoms with E-state index in [2.05, 4.69) is 15.4 Å². The van der Waals surface area contributed by atoms with Gasteiger partial charge < -0.3 is 15.7 Å². The van der Waals surface area contributed by atoms with Gasteiger partial charge in [-0.25, -0.2) is 8.42 Å². The van der Waals surface area contributed by atoms with E-state index in [0.717, 1.165) is 9.13 Å². The van der Waals surface area contributed by atoms with Crippen LogP contribution in [0.3, 0.4) is 0 Å². The summed E-state index contributed by atoms with van der Waals surface area (Å²) in [4.78, 5) is 25.4. The predicted octanol–water partition coefficient (Wildman–Crippen LogP) is 4.91. The number of carbonyl (C=O) groups excluding carboxylic acids is 2. The molecule has 1 unspecified atom stereocenters. The summed E-state index contributed by atoms with van der Waals surface area (Å²) in [6, 6.07) is 14.6. The van der Waals surface area contributed by atoms with Crippen LogP contribution in [0.4, 0.5) is 11.4 Å². The van der Waals surface area contributed by atoms with Crippen molar-refractivity contribution in [3.63, 3.8) is 0 Å². The monoisotopic (exact) mass is 627 g/mol. The molecule has 11 heteroatoms. The molecule has 0 aliphatic carbocycles. The topological polar surface area (TPSA) is 125 Å². The fourth-order valence-electron chi connectivity index (χ4n) is 3.11. The Labute approximate surface area is 222 Å². The van der Waals surface area contributed by atoms with E-state index >= 15 is 0 Å². The van der Waals surface area contributed by atoms with Crippen LogP contribution in [0.15, 0.2) is 65.6 Å². The molecule has 3 aromatic carbocycles. The predicted molar refractivity (Wildman–Crippen MR) is 144 cm³/mol. The lowest BCUT2D eigenvalue weighted by molar-refractivity contribution is -0.117. The summed E-state index contributed by atoms with van der Waals surface area (Å²) in [6.07, 6.45) is 0.171. The van der Waals surface area contributed by atoms with Gasteiger partial charge in [-0.15, -0.1) is 0 Å². The second-order valence-electron chi connectivity index (χ2n) is 7.67. The molecule has 0 bridgehead atoms. The number of rotatable bonds is 8. The zero-order valence-electron chi connectivity index (χ0n) is 18.8. The van der Waals surface area contributed by atoms with Crippen LogP contribution in [0.5, 0.6) is 5.75 Å². The van der Waals surface area contributed by atoms with Crippen molar-refractivity contribution < 1.29 is 23.1 Å². The quantitative estimate of drug-likeness (QED) is 0.209. The fourth-order valence-corrected chi connectivity index (χ4v) is 5.23. The molecule has 0 radical (unpaired) electrons. The van der Waals surface area contributed by atoms with Crippen molar-refractivity contribution in [2.75, 3.05) is 10.6 Å². The number of phenolic OH excluding ortho intramolecular Hbond substituents is 1. The number of aromatic hydroxyl groups is 1. The minimum Gasteiger partial charge on any atom is -0.506 e. The molecule has 4 N–H and O–H groups in total. The molecular weight excluding hydrogens is 605 g/mol. The molecule has 8 nitrogen and oxygen atoms in total. The number of aryl methyl sites for hydroxylation is 1. The highest BCUT2D eigenvalue weighted by Crippen LogP contribution is 2.34. The number of amides is 2. The highest BCUT2D eigenvalue weighted by Gasteiger charge is 2.25. The van der Waals surface area contributed by atoms with Crippen LogP contribution in [-0.2, 0) is 14.8 Å². The van der Waals surface area contributed by atoms with Crippen molar-refractivity contribution in [2.45, 2.75) is 31.2 Å². The number of nitrogens with one attached hydrogen (secondary N) is 3.